The molecule has 5 heteroatoms. The van der Waals surface area contributed by atoms with Crippen molar-refractivity contribution in [3.05, 3.63) is 42.2 Å². The molecule has 0 saturated heterocycles. The molecule has 0 aliphatic rings. The number of nitrogens with zero attached hydrogens (tertiary/aromatic N) is 2. The van der Waals surface area contributed by atoms with Crippen molar-refractivity contribution in [3.63, 3.8) is 0 Å². The number of anilines is 1. The minimum absolute atomic E-state index is 0.136. The van der Waals surface area contributed by atoms with Gasteiger partial charge in [0.05, 0.1) is 5.69 Å². The van der Waals surface area contributed by atoms with Gasteiger partial charge in [-0.2, -0.15) is 0 Å². The molecule has 0 unspecified atom stereocenters. The maximum Gasteiger partial charge on any atom is 0.207 e. The predicted octanol–water partition coefficient (Wildman–Crippen LogP) is 2.19. The van der Waals surface area contributed by atoms with Crippen LogP contribution in [0.25, 0.3) is 5.69 Å². The van der Waals surface area contributed by atoms with Gasteiger partial charge in [0.15, 0.2) is 11.6 Å². The Labute approximate surface area is 85.4 Å². The Morgan fingerprint density at radius 3 is 2.87 bits per heavy atom. The fourth-order valence-corrected chi connectivity index (χ4v) is 1.36. The summed E-state index contributed by atoms with van der Waals surface area (Å²) < 4.78 is 27.9. The third kappa shape index (κ3) is 1.56. The fraction of sp³-hybridized carbons (Fsp3) is 0.100. The molecular weight excluding hydrogens is 200 g/mol. The van der Waals surface area contributed by atoms with Gasteiger partial charge < -0.3 is 5.32 Å². The number of benzene rings is 1. The van der Waals surface area contributed by atoms with Crippen LogP contribution in [-0.4, -0.2) is 16.6 Å². The van der Waals surface area contributed by atoms with Gasteiger partial charge >= 0.3 is 0 Å². The van der Waals surface area contributed by atoms with E-state index in [1.165, 1.54) is 22.9 Å². The number of imidazole rings is 1. The first kappa shape index (κ1) is 9.64. The van der Waals surface area contributed by atoms with Crippen molar-refractivity contribution < 1.29 is 8.78 Å². The second-order valence-electron chi connectivity index (χ2n) is 2.94. The van der Waals surface area contributed by atoms with E-state index in [0.717, 1.165) is 6.07 Å². The van der Waals surface area contributed by atoms with E-state index >= 15 is 0 Å². The third-order valence-corrected chi connectivity index (χ3v) is 2.06. The number of hydrogen-bond acceptors (Lipinski definition) is 2. The van der Waals surface area contributed by atoms with E-state index in [9.17, 15) is 8.78 Å². The molecule has 0 spiro atoms. The first-order valence-electron chi connectivity index (χ1n) is 4.39. The summed E-state index contributed by atoms with van der Waals surface area (Å²) in [4.78, 5) is 3.94. The molecule has 15 heavy (non-hydrogen) atoms. The van der Waals surface area contributed by atoms with Gasteiger partial charge in [-0.1, -0.05) is 6.07 Å². The molecule has 0 fully saturated rings. The number of aromatic nitrogens is 2. The average molecular weight is 209 g/mol. The van der Waals surface area contributed by atoms with Crippen molar-refractivity contribution in [2.75, 3.05) is 12.4 Å². The maximum absolute atomic E-state index is 13.4. The zero-order valence-corrected chi connectivity index (χ0v) is 8.04. The lowest BCUT2D eigenvalue weighted by atomic mass is 10.3. The van der Waals surface area contributed by atoms with Gasteiger partial charge in [0.25, 0.3) is 0 Å². The highest BCUT2D eigenvalue weighted by molar-refractivity contribution is 5.42. The lowest BCUT2D eigenvalue weighted by Gasteiger charge is -2.08. The number of hydrogen-bond donors (Lipinski definition) is 1. The van der Waals surface area contributed by atoms with Crippen LogP contribution in [0.3, 0.4) is 0 Å². The molecule has 0 aliphatic heterocycles. The molecule has 1 N–H and O–H groups in total. The maximum atomic E-state index is 13.4. The topological polar surface area (TPSA) is 29.9 Å². The average Bonchev–Trinajstić information content (AvgIpc) is 2.70. The second-order valence-corrected chi connectivity index (χ2v) is 2.94. The SMILES string of the molecule is CNc1nccn1-c1cccc(F)c1F. The van der Waals surface area contributed by atoms with Crippen molar-refractivity contribution in [2.24, 2.45) is 0 Å². The highest BCUT2D eigenvalue weighted by atomic mass is 19.2. The monoisotopic (exact) mass is 209 g/mol. The van der Waals surface area contributed by atoms with E-state index in [1.54, 1.807) is 13.2 Å². The minimum Gasteiger partial charge on any atom is -0.358 e. The molecule has 0 radical (unpaired) electrons. The molecule has 0 saturated carbocycles. The Morgan fingerprint density at radius 2 is 2.13 bits per heavy atom. The Bertz CT molecular complexity index is 479. The Balaban J connectivity index is 2.59. The van der Waals surface area contributed by atoms with Crippen LogP contribution in [-0.2, 0) is 0 Å². The smallest absolute Gasteiger partial charge is 0.207 e. The molecule has 2 aromatic rings. The van der Waals surface area contributed by atoms with Crippen molar-refractivity contribution in [2.45, 2.75) is 0 Å². The molecule has 0 bridgehead atoms. The van der Waals surface area contributed by atoms with Crippen molar-refractivity contribution in [1.29, 1.82) is 0 Å². The number of nitrogens with one attached hydrogen (secondary N) is 1. The van der Waals surface area contributed by atoms with Gasteiger partial charge in [0.1, 0.15) is 0 Å². The van der Waals surface area contributed by atoms with E-state index in [-0.39, 0.29) is 5.69 Å². The van der Waals surface area contributed by atoms with Crippen LogP contribution in [0.1, 0.15) is 0 Å². The van der Waals surface area contributed by atoms with Crippen LogP contribution in [0, 0.1) is 11.6 Å². The summed E-state index contributed by atoms with van der Waals surface area (Å²) in [5.41, 5.74) is 0.136. The van der Waals surface area contributed by atoms with Crippen molar-refractivity contribution >= 4 is 5.95 Å². The first-order chi connectivity index (χ1) is 7.24. The number of rotatable bonds is 2. The third-order valence-electron chi connectivity index (χ3n) is 2.06. The summed E-state index contributed by atoms with van der Waals surface area (Å²) in [6.45, 7) is 0. The summed E-state index contributed by atoms with van der Waals surface area (Å²) in [6.07, 6.45) is 3.07. The summed E-state index contributed by atoms with van der Waals surface area (Å²) in [5.74, 6) is -1.30. The quantitative estimate of drug-likeness (QED) is 0.821. The Hall–Kier alpha value is -1.91. The lowest BCUT2D eigenvalue weighted by molar-refractivity contribution is 0.504. The normalized spacial score (nSPS) is 10.3. The summed E-state index contributed by atoms with van der Waals surface area (Å²) in [7, 11) is 1.66. The van der Waals surface area contributed by atoms with Crippen LogP contribution in [0.15, 0.2) is 30.6 Å². The Kier molecular flexibility index (Phi) is 2.37. The molecule has 78 valence electrons. The van der Waals surface area contributed by atoms with Gasteiger partial charge in [-0.15, -0.1) is 0 Å². The van der Waals surface area contributed by atoms with Gasteiger partial charge in [-0.25, -0.2) is 13.8 Å². The molecule has 1 aromatic carbocycles. The van der Waals surface area contributed by atoms with Crippen LogP contribution >= 0.6 is 0 Å². The second kappa shape index (κ2) is 3.68. The molecule has 0 amide bonds. The Morgan fingerprint density at radius 1 is 1.33 bits per heavy atom. The predicted molar refractivity (Wildman–Crippen MR) is 53.0 cm³/mol. The minimum atomic E-state index is -0.882. The van der Waals surface area contributed by atoms with Crippen molar-refractivity contribution in [1.82, 2.24) is 9.55 Å². The molecular formula is C10H9F2N3. The first-order valence-corrected chi connectivity index (χ1v) is 4.39. The van der Waals surface area contributed by atoms with E-state index in [1.807, 2.05) is 0 Å². The molecule has 0 atom stereocenters. The van der Waals surface area contributed by atoms with E-state index < -0.39 is 11.6 Å². The molecule has 2 rings (SSSR count). The van der Waals surface area contributed by atoms with Crippen LogP contribution in [0.2, 0.25) is 0 Å². The van der Waals surface area contributed by atoms with Crippen LogP contribution in [0.5, 0.6) is 0 Å². The highest BCUT2D eigenvalue weighted by Crippen LogP contribution is 2.19. The zero-order chi connectivity index (χ0) is 10.8. The van der Waals surface area contributed by atoms with Gasteiger partial charge in [-0.05, 0) is 12.1 Å². The number of halogens is 2. The lowest BCUT2D eigenvalue weighted by Crippen LogP contribution is -2.03. The van der Waals surface area contributed by atoms with E-state index in [0.29, 0.717) is 5.95 Å². The summed E-state index contributed by atoms with van der Waals surface area (Å²) >= 11 is 0. The highest BCUT2D eigenvalue weighted by Gasteiger charge is 2.11. The zero-order valence-electron chi connectivity index (χ0n) is 8.04. The van der Waals surface area contributed by atoms with Crippen LogP contribution < -0.4 is 5.32 Å². The molecule has 1 aromatic heterocycles. The van der Waals surface area contributed by atoms with Crippen molar-refractivity contribution in [3.8, 4) is 5.69 Å². The van der Waals surface area contributed by atoms with Gasteiger partial charge in [0, 0.05) is 19.4 Å². The molecule has 1 heterocycles. The molecule has 0 aliphatic carbocycles. The van der Waals surface area contributed by atoms with E-state index in [2.05, 4.69) is 10.3 Å². The molecule has 3 nitrogen and oxygen atoms in total. The fourth-order valence-electron chi connectivity index (χ4n) is 1.36. The van der Waals surface area contributed by atoms with Gasteiger partial charge in [0.2, 0.25) is 5.95 Å². The van der Waals surface area contributed by atoms with Crippen LogP contribution in [0.4, 0.5) is 14.7 Å². The summed E-state index contributed by atoms with van der Waals surface area (Å²) in [5, 5.41) is 2.78. The van der Waals surface area contributed by atoms with E-state index in [4.69, 9.17) is 0 Å². The largest absolute Gasteiger partial charge is 0.358 e. The standard InChI is InChI=1S/C10H9F2N3/c1-13-10-14-5-6-15(10)8-4-2-3-7(11)9(8)12/h2-6H,1H3,(H,13,14). The summed E-state index contributed by atoms with van der Waals surface area (Å²) in [6, 6.07) is 4.02. The van der Waals surface area contributed by atoms with Gasteiger partial charge in [-0.3, -0.25) is 4.57 Å².